The Morgan fingerprint density at radius 3 is 2.75 bits per heavy atom. The molecule has 6 atom stereocenters. The number of carbonyl (C=O) groups excluding carboxylic acids is 1. The number of fused-ring (bicyclic) bond motifs is 2. The topological polar surface area (TPSA) is 107 Å². The number of aromatic hydroxyl groups is 1. The molecule has 3 unspecified atom stereocenters. The van der Waals surface area contributed by atoms with E-state index >= 15 is 0 Å². The minimum absolute atomic E-state index is 0.0239. The minimum Gasteiger partial charge on any atom is -0.508 e. The summed E-state index contributed by atoms with van der Waals surface area (Å²) >= 11 is 0. The third kappa shape index (κ3) is 2.91. The zero-order chi connectivity index (χ0) is 22.5. The van der Waals surface area contributed by atoms with Gasteiger partial charge in [0.1, 0.15) is 11.0 Å². The van der Waals surface area contributed by atoms with Crippen LogP contribution < -0.4 is 5.32 Å². The molecule has 5 aliphatic rings. The Labute approximate surface area is 189 Å². The number of hydrogen-bond acceptors (Lipinski definition) is 6. The molecule has 2 saturated carbocycles. The summed E-state index contributed by atoms with van der Waals surface area (Å²) in [6.45, 7) is 1.91. The van der Waals surface area contributed by atoms with Crippen molar-refractivity contribution < 1.29 is 23.4 Å². The van der Waals surface area contributed by atoms with Crippen LogP contribution in [0.4, 0.5) is 0 Å². The summed E-state index contributed by atoms with van der Waals surface area (Å²) in [6.07, 6.45) is 6.48. The van der Waals surface area contributed by atoms with Gasteiger partial charge in [0.25, 0.3) is 0 Å². The number of hydrogen-bond donors (Lipinski definition) is 3. The van der Waals surface area contributed by atoms with Crippen LogP contribution >= 0.6 is 0 Å². The summed E-state index contributed by atoms with van der Waals surface area (Å²) < 4.78 is 24.5. The van der Waals surface area contributed by atoms with Crippen molar-refractivity contribution in [2.75, 3.05) is 19.3 Å². The molecule has 1 aromatic rings. The molecular weight excluding hydrogens is 428 g/mol. The molecule has 4 fully saturated rings. The third-order valence-corrected chi connectivity index (χ3v) is 10.7. The number of carbonyl (C=O) groups is 1. The molecule has 7 nitrogen and oxygen atoms in total. The number of likely N-dealkylation sites (tertiary alicyclic amines) is 1. The maximum atomic E-state index is 12.7. The lowest BCUT2D eigenvalue weighted by atomic mass is 9.46. The predicted octanol–water partition coefficient (Wildman–Crippen LogP) is 1.11. The van der Waals surface area contributed by atoms with Gasteiger partial charge in [0.15, 0.2) is 9.84 Å². The Balaban J connectivity index is 1.44. The first-order valence-corrected chi connectivity index (χ1v) is 13.8. The highest BCUT2D eigenvalue weighted by molar-refractivity contribution is 7.92. The Morgan fingerprint density at radius 1 is 1.25 bits per heavy atom. The van der Waals surface area contributed by atoms with Crippen molar-refractivity contribution >= 4 is 15.7 Å². The second-order valence-electron chi connectivity index (χ2n) is 11.1. The van der Waals surface area contributed by atoms with Crippen LogP contribution in [0.25, 0.3) is 0 Å². The number of piperidine rings is 2. The van der Waals surface area contributed by atoms with Crippen molar-refractivity contribution in [3.8, 4) is 5.75 Å². The van der Waals surface area contributed by atoms with E-state index in [-0.39, 0.29) is 30.2 Å². The van der Waals surface area contributed by atoms with Crippen LogP contribution in [0.2, 0.25) is 0 Å². The number of amides is 1. The number of sulfone groups is 1. The highest BCUT2D eigenvalue weighted by atomic mass is 32.2. The van der Waals surface area contributed by atoms with Gasteiger partial charge in [-0.1, -0.05) is 6.07 Å². The number of phenols is 1. The van der Waals surface area contributed by atoms with Gasteiger partial charge in [-0.3, -0.25) is 9.69 Å². The number of benzene rings is 1. The van der Waals surface area contributed by atoms with Crippen LogP contribution in [0, 0.1) is 11.8 Å². The fourth-order valence-corrected chi connectivity index (χ4v) is 8.54. The molecule has 0 radical (unpaired) electrons. The first kappa shape index (κ1) is 20.9. The van der Waals surface area contributed by atoms with E-state index in [1.54, 1.807) is 6.07 Å². The summed E-state index contributed by atoms with van der Waals surface area (Å²) in [6, 6.07) is 5.35. The van der Waals surface area contributed by atoms with Gasteiger partial charge in [-0.2, -0.15) is 0 Å². The summed E-state index contributed by atoms with van der Waals surface area (Å²) in [4.78, 5) is 15.2. The van der Waals surface area contributed by atoms with Gasteiger partial charge in [0.2, 0.25) is 5.91 Å². The quantitative estimate of drug-likeness (QED) is 0.624. The third-order valence-electron chi connectivity index (χ3n) is 9.22. The van der Waals surface area contributed by atoms with E-state index < -0.39 is 32.0 Å². The van der Waals surface area contributed by atoms with Crippen molar-refractivity contribution in [2.45, 2.75) is 73.3 Å². The Morgan fingerprint density at radius 2 is 2.03 bits per heavy atom. The lowest BCUT2D eigenvalue weighted by molar-refractivity contribution is -0.186. The Bertz CT molecular complexity index is 1090. The van der Waals surface area contributed by atoms with E-state index in [0.29, 0.717) is 18.8 Å². The van der Waals surface area contributed by atoms with E-state index in [1.807, 2.05) is 12.1 Å². The van der Waals surface area contributed by atoms with Crippen LogP contribution in [-0.2, 0) is 26.5 Å². The summed E-state index contributed by atoms with van der Waals surface area (Å²) in [5.74, 6) is 0.427. The summed E-state index contributed by atoms with van der Waals surface area (Å²) in [5, 5.41) is 24.8. The van der Waals surface area contributed by atoms with E-state index in [1.165, 1.54) is 18.4 Å². The summed E-state index contributed by atoms with van der Waals surface area (Å²) in [7, 11) is -3.50. The minimum atomic E-state index is -3.50. The lowest BCUT2D eigenvalue weighted by Crippen LogP contribution is -2.76. The fourth-order valence-electron chi connectivity index (χ4n) is 7.49. The van der Waals surface area contributed by atoms with Crippen molar-refractivity contribution in [3.05, 3.63) is 29.3 Å². The molecule has 2 saturated heterocycles. The molecule has 8 heteroatoms. The molecule has 174 valence electrons. The first-order valence-electron chi connectivity index (χ1n) is 11.9. The first-order chi connectivity index (χ1) is 15.1. The molecular formula is C24H32N2O5S. The average Bonchev–Trinajstić information content (AvgIpc) is 3.52. The monoisotopic (exact) mass is 460 g/mol. The van der Waals surface area contributed by atoms with Gasteiger partial charge < -0.3 is 15.5 Å². The van der Waals surface area contributed by atoms with E-state index in [4.69, 9.17) is 0 Å². The van der Waals surface area contributed by atoms with E-state index in [2.05, 4.69) is 10.2 Å². The number of nitrogens with zero attached hydrogens (tertiary/aromatic N) is 1. The number of phenolic OH excluding ortho intramolecular Hbond substituents is 1. The number of rotatable bonds is 3. The zero-order valence-corrected chi connectivity index (χ0v) is 19.3. The van der Waals surface area contributed by atoms with E-state index in [9.17, 15) is 23.4 Å². The fraction of sp³-hybridized carbons (Fsp3) is 0.708. The molecule has 2 bridgehead atoms. The highest BCUT2D eigenvalue weighted by Crippen LogP contribution is 2.60. The number of nitrogens with one attached hydrogen (secondary N) is 1. The molecule has 2 heterocycles. The molecule has 6 rings (SSSR count). The molecule has 1 aromatic carbocycles. The molecule has 1 amide bonds. The maximum absolute atomic E-state index is 12.7. The maximum Gasteiger partial charge on any atom is 0.238 e. The van der Waals surface area contributed by atoms with Gasteiger partial charge in [-0.15, -0.1) is 0 Å². The predicted molar refractivity (Wildman–Crippen MR) is 119 cm³/mol. The van der Waals surface area contributed by atoms with Crippen LogP contribution in [-0.4, -0.2) is 71.7 Å². The molecule has 3 N–H and O–H groups in total. The van der Waals surface area contributed by atoms with Gasteiger partial charge in [0, 0.05) is 30.3 Å². The van der Waals surface area contributed by atoms with Crippen molar-refractivity contribution in [2.24, 2.45) is 11.8 Å². The Hall–Kier alpha value is -1.64. The summed E-state index contributed by atoms with van der Waals surface area (Å²) in [5.41, 5.74) is 0.635. The number of aliphatic hydroxyl groups is 1. The molecule has 3 aliphatic carbocycles. The average molecular weight is 461 g/mol. The standard InChI is InChI=1S/C24H32N2O5S/c1-32(30,31)20-8-16-11-24(29)21-9-15-4-5-17(27)10-18(15)23(24,12-19(16)25-22(20)28)6-7-26(21)13-14-2-3-14/h4-5,10,14,16,19-21,27,29H,2-3,6-9,11-13H2,1H3,(H,25,28)/t16?,19?,20?,21-,23-,24-/m1/s1. The van der Waals surface area contributed by atoms with Gasteiger partial charge in [0.05, 0.1) is 5.60 Å². The normalized spacial score (nSPS) is 41.2. The van der Waals surface area contributed by atoms with Crippen LogP contribution in [0.5, 0.6) is 5.75 Å². The van der Waals surface area contributed by atoms with Crippen LogP contribution in [0.3, 0.4) is 0 Å². The van der Waals surface area contributed by atoms with Crippen LogP contribution in [0.1, 0.15) is 49.7 Å². The molecule has 2 aliphatic heterocycles. The molecule has 0 spiro atoms. The Kier molecular flexibility index (Phi) is 4.38. The highest BCUT2D eigenvalue weighted by Gasteiger charge is 2.67. The van der Waals surface area contributed by atoms with Gasteiger partial charge in [-0.25, -0.2) is 8.42 Å². The SMILES string of the molecule is CS(=O)(=O)C1CC2C[C@@]3(O)[C@H]4Cc5ccc(O)cc5[C@@]3(CCN4CC3CC3)CC2NC1=O. The van der Waals surface area contributed by atoms with Crippen LogP contribution in [0.15, 0.2) is 18.2 Å². The van der Waals surface area contributed by atoms with E-state index in [0.717, 1.165) is 37.8 Å². The largest absolute Gasteiger partial charge is 0.508 e. The van der Waals surface area contributed by atoms with Crippen molar-refractivity contribution in [3.63, 3.8) is 0 Å². The second-order valence-corrected chi connectivity index (χ2v) is 13.3. The molecule has 0 aromatic heterocycles. The van der Waals surface area contributed by atoms with Gasteiger partial charge in [-0.05, 0) is 86.6 Å². The van der Waals surface area contributed by atoms with Crippen molar-refractivity contribution in [1.82, 2.24) is 10.2 Å². The smallest absolute Gasteiger partial charge is 0.238 e. The lowest BCUT2D eigenvalue weighted by Gasteiger charge is -2.66. The zero-order valence-electron chi connectivity index (χ0n) is 18.5. The van der Waals surface area contributed by atoms with Crippen molar-refractivity contribution in [1.29, 1.82) is 0 Å². The van der Waals surface area contributed by atoms with Gasteiger partial charge >= 0.3 is 0 Å². The second kappa shape index (κ2) is 6.70. The molecule has 32 heavy (non-hydrogen) atoms.